The molecule has 2 atom stereocenters. The molecule has 316 valence electrons. The average Bonchev–Trinajstić information content (AvgIpc) is 3.12. The molecule has 9 heteroatoms. The summed E-state index contributed by atoms with van der Waals surface area (Å²) >= 11 is 0. The Labute approximate surface area is 333 Å². The minimum Gasteiger partial charge on any atom is -0.457 e. The van der Waals surface area contributed by atoms with Gasteiger partial charge in [0, 0.05) is 13.0 Å². The van der Waals surface area contributed by atoms with Crippen LogP contribution in [0.4, 0.5) is 0 Å². The molecule has 0 aromatic carbocycles. The van der Waals surface area contributed by atoms with Crippen LogP contribution in [0.5, 0.6) is 0 Å². The van der Waals surface area contributed by atoms with Crippen LogP contribution in [0.15, 0.2) is 48.6 Å². The van der Waals surface area contributed by atoms with Gasteiger partial charge in [-0.05, 0) is 77.0 Å². The maximum atomic E-state index is 12.7. The molecule has 0 aromatic rings. The normalized spacial score (nSPS) is 14.3. The Bertz CT molecular complexity index is 1000. The Kier molecular flexibility index (Phi) is 37.2. The molecule has 0 aliphatic carbocycles. The van der Waals surface area contributed by atoms with E-state index >= 15 is 0 Å². The van der Waals surface area contributed by atoms with E-state index in [2.05, 4.69) is 62.5 Å². The van der Waals surface area contributed by atoms with Crippen LogP contribution in [0.25, 0.3) is 0 Å². The molecular weight excluding hydrogens is 697 g/mol. The van der Waals surface area contributed by atoms with Gasteiger partial charge in [-0.2, -0.15) is 0 Å². The van der Waals surface area contributed by atoms with Crippen LogP contribution in [0, 0.1) is 0 Å². The number of ether oxygens (including phenoxy) is 2. The Morgan fingerprint density at radius 3 is 1.54 bits per heavy atom. The van der Waals surface area contributed by atoms with Gasteiger partial charge in [0.1, 0.15) is 19.3 Å². The van der Waals surface area contributed by atoms with E-state index in [9.17, 15) is 14.3 Å². The molecule has 0 saturated heterocycles. The van der Waals surface area contributed by atoms with Crippen LogP contribution in [-0.4, -0.2) is 75.6 Å². The number of quaternary nitrogens is 1. The summed E-state index contributed by atoms with van der Waals surface area (Å²) in [5.74, 6) is -0.332. The molecule has 0 bridgehead atoms. The van der Waals surface area contributed by atoms with E-state index in [4.69, 9.17) is 18.5 Å². The lowest BCUT2D eigenvalue weighted by Crippen LogP contribution is -2.37. The second kappa shape index (κ2) is 38.3. The van der Waals surface area contributed by atoms with Gasteiger partial charge in [-0.15, -0.1) is 0 Å². The number of likely N-dealkylation sites (N-methyl/N-ethyl adjacent to an activating group) is 1. The zero-order valence-corrected chi connectivity index (χ0v) is 36.6. The summed E-state index contributed by atoms with van der Waals surface area (Å²) < 4.78 is 35.0. The third kappa shape index (κ3) is 41.6. The summed E-state index contributed by atoms with van der Waals surface area (Å²) in [6.45, 7) is 5.53. The van der Waals surface area contributed by atoms with Crippen molar-refractivity contribution in [2.45, 2.75) is 180 Å². The van der Waals surface area contributed by atoms with E-state index in [1.54, 1.807) is 0 Å². The maximum absolute atomic E-state index is 12.7. The van der Waals surface area contributed by atoms with E-state index in [1.807, 2.05) is 21.1 Å². The van der Waals surface area contributed by atoms with Crippen LogP contribution < -0.4 is 0 Å². The molecular formula is C45H85NO7P+. The van der Waals surface area contributed by atoms with Crippen molar-refractivity contribution in [1.82, 2.24) is 0 Å². The van der Waals surface area contributed by atoms with E-state index < -0.39 is 13.9 Å². The van der Waals surface area contributed by atoms with Crippen LogP contribution in [0.2, 0.25) is 0 Å². The van der Waals surface area contributed by atoms with Crippen molar-refractivity contribution in [3.8, 4) is 0 Å². The fourth-order valence-corrected chi connectivity index (χ4v) is 6.41. The van der Waals surface area contributed by atoms with Gasteiger partial charge in [0.05, 0.1) is 34.4 Å². The number of nitrogens with zero attached hydrogens (tertiary/aromatic N) is 1. The number of rotatable bonds is 40. The Morgan fingerprint density at radius 2 is 1.02 bits per heavy atom. The highest BCUT2D eigenvalue weighted by atomic mass is 31.2. The summed E-state index contributed by atoms with van der Waals surface area (Å²) in [6.07, 6.45) is 45.6. The molecule has 0 aliphatic rings. The number of phosphoric acid groups is 1. The third-order valence-corrected chi connectivity index (χ3v) is 10.1. The quantitative estimate of drug-likeness (QED) is 0.0218. The van der Waals surface area contributed by atoms with Crippen LogP contribution in [-0.2, 0) is 27.9 Å². The topological polar surface area (TPSA) is 91.3 Å². The largest absolute Gasteiger partial charge is 0.472 e. The highest BCUT2D eigenvalue weighted by Crippen LogP contribution is 2.43. The Balaban J connectivity index is 4.30. The van der Waals surface area contributed by atoms with Gasteiger partial charge in [0.15, 0.2) is 0 Å². The molecule has 0 rings (SSSR count). The van der Waals surface area contributed by atoms with Gasteiger partial charge < -0.3 is 18.9 Å². The first kappa shape index (κ1) is 52.5. The number of esters is 1. The fraction of sp³-hybridized carbons (Fsp3) is 0.800. The smallest absolute Gasteiger partial charge is 0.457 e. The van der Waals surface area contributed by atoms with E-state index in [0.29, 0.717) is 24.1 Å². The molecule has 54 heavy (non-hydrogen) atoms. The minimum absolute atomic E-state index is 0.0820. The number of hydrogen-bond donors (Lipinski definition) is 1. The molecule has 0 fully saturated rings. The number of carbonyl (C=O) groups is 1. The van der Waals surface area contributed by atoms with Gasteiger partial charge in [0.2, 0.25) is 0 Å². The molecule has 0 heterocycles. The predicted molar refractivity (Wildman–Crippen MR) is 229 cm³/mol. The molecule has 0 saturated carbocycles. The van der Waals surface area contributed by atoms with Crippen molar-refractivity contribution in [1.29, 1.82) is 0 Å². The molecule has 0 spiro atoms. The maximum Gasteiger partial charge on any atom is 0.472 e. The molecule has 1 N–H and O–H groups in total. The fourth-order valence-electron chi connectivity index (χ4n) is 5.67. The van der Waals surface area contributed by atoms with Gasteiger partial charge in [-0.1, -0.05) is 140 Å². The minimum atomic E-state index is -4.28. The molecule has 0 aliphatic heterocycles. The highest BCUT2D eigenvalue weighted by molar-refractivity contribution is 7.47. The number of phosphoric ester groups is 1. The van der Waals surface area contributed by atoms with Crippen LogP contribution >= 0.6 is 7.82 Å². The first-order chi connectivity index (χ1) is 26.1. The first-order valence-corrected chi connectivity index (χ1v) is 23.4. The predicted octanol–water partition coefficient (Wildman–Crippen LogP) is 12.8. The molecule has 0 amide bonds. The second-order valence-electron chi connectivity index (χ2n) is 15.7. The van der Waals surface area contributed by atoms with Gasteiger partial charge in [0.25, 0.3) is 0 Å². The average molecular weight is 783 g/mol. The number of unbranched alkanes of at least 4 members (excludes halogenated alkanes) is 18. The lowest BCUT2D eigenvalue weighted by molar-refractivity contribution is -0.870. The zero-order valence-electron chi connectivity index (χ0n) is 35.7. The lowest BCUT2D eigenvalue weighted by atomic mass is 10.1. The summed E-state index contributed by atoms with van der Waals surface area (Å²) in [5, 5.41) is 0. The van der Waals surface area contributed by atoms with Crippen LogP contribution in [0.1, 0.15) is 174 Å². The Morgan fingerprint density at radius 1 is 0.574 bits per heavy atom. The van der Waals surface area contributed by atoms with Gasteiger partial charge >= 0.3 is 13.8 Å². The van der Waals surface area contributed by atoms with Crippen molar-refractivity contribution in [2.24, 2.45) is 0 Å². The standard InChI is InChI=1S/C45H84NO7P/c1-6-8-10-12-14-16-18-20-22-24-26-28-30-32-34-36-38-45(47)53-44(43-52-54(48,49)51-41-39-46(3,4)5)42-50-40-37-35-33-31-29-27-25-23-21-19-17-15-13-11-9-7-2/h15-18,21-24,44H,6-14,19-20,25-43H2,1-5H3/p+1/b17-15-,18-16-,23-21-,24-22-. The summed E-state index contributed by atoms with van der Waals surface area (Å²) in [7, 11) is 1.65. The Hall–Kier alpha value is -1.54. The molecule has 0 aromatic heterocycles. The van der Waals surface area contributed by atoms with E-state index in [0.717, 1.165) is 70.6 Å². The van der Waals surface area contributed by atoms with Crippen molar-refractivity contribution in [3.05, 3.63) is 48.6 Å². The lowest BCUT2D eigenvalue weighted by Gasteiger charge is -2.24. The molecule has 2 unspecified atom stereocenters. The second-order valence-corrected chi connectivity index (χ2v) is 17.2. The SMILES string of the molecule is CCCCC/C=C\C/C=C\CCCCCCCCOCC(COP(=O)(O)OCC[N+](C)(C)C)OC(=O)CCCCCCC/C=C\C/C=C\CCCCCC. The van der Waals surface area contributed by atoms with Gasteiger partial charge in [-0.3, -0.25) is 13.8 Å². The zero-order chi connectivity index (χ0) is 39.9. The number of hydrogen-bond acceptors (Lipinski definition) is 6. The molecule has 0 radical (unpaired) electrons. The summed E-state index contributed by atoms with van der Waals surface area (Å²) in [5.41, 5.74) is 0. The highest BCUT2D eigenvalue weighted by Gasteiger charge is 2.26. The van der Waals surface area contributed by atoms with Crippen molar-refractivity contribution >= 4 is 13.8 Å². The van der Waals surface area contributed by atoms with Crippen LogP contribution in [0.3, 0.4) is 0 Å². The third-order valence-electron chi connectivity index (χ3n) is 9.11. The van der Waals surface area contributed by atoms with Gasteiger partial charge in [-0.25, -0.2) is 4.57 Å². The van der Waals surface area contributed by atoms with Crippen molar-refractivity contribution < 1.29 is 37.3 Å². The first-order valence-electron chi connectivity index (χ1n) is 21.9. The molecule has 8 nitrogen and oxygen atoms in total. The number of allylic oxidation sites excluding steroid dienone is 8. The summed E-state index contributed by atoms with van der Waals surface area (Å²) in [6, 6.07) is 0. The monoisotopic (exact) mass is 783 g/mol. The van der Waals surface area contributed by atoms with Crippen molar-refractivity contribution in [3.63, 3.8) is 0 Å². The van der Waals surface area contributed by atoms with Crippen molar-refractivity contribution in [2.75, 3.05) is 54.1 Å². The number of carbonyl (C=O) groups excluding carboxylic acids is 1. The summed E-state index contributed by atoms with van der Waals surface area (Å²) in [4.78, 5) is 22.9. The van der Waals surface area contributed by atoms with E-state index in [-0.39, 0.29) is 25.8 Å². The van der Waals surface area contributed by atoms with E-state index in [1.165, 1.54) is 83.5 Å².